The van der Waals surface area contributed by atoms with Crippen LogP contribution in [0.3, 0.4) is 0 Å². The maximum Gasteiger partial charge on any atom is 0.135 e. The first-order chi connectivity index (χ1) is 25.2. The fraction of sp³-hybridized carbons (Fsp3) is 0.125. The van der Waals surface area contributed by atoms with E-state index >= 15 is 0 Å². The highest BCUT2D eigenvalue weighted by Crippen LogP contribution is 2.39. The summed E-state index contributed by atoms with van der Waals surface area (Å²) in [5, 5.41) is 7.31. The topological polar surface area (TPSA) is 23.0 Å². The molecule has 3 heterocycles. The fourth-order valence-electron chi connectivity index (χ4n) is 8.45. The SMILES string of the molecule is CCC(CC)Cc1cccc(-n2c3ccccc3c3cc(-c4ccc5oc6ccc(-n7c8ccccc8c8ccccc87)cc6c5c4)ccc32)c1. The van der Waals surface area contributed by atoms with Gasteiger partial charge in [-0.1, -0.05) is 106 Å². The van der Waals surface area contributed by atoms with E-state index in [1.165, 1.54) is 78.8 Å². The monoisotopic (exact) mass is 658 g/mol. The highest BCUT2D eigenvalue weighted by atomic mass is 16.3. The number of fused-ring (bicyclic) bond motifs is 9. The molecule has 51 heavy (non-hydrogen) atoms. The first-order valence-electron chi connectivity index (χ1n) is 18.3. The van der Waals surface area contributed by atoms with Crippen molar-refractivity contribution in [2.45, 2.75) is 33.1 Å². The molecule has 0 atom stereocenters. The van der Waals surface area contributed by atoms with Gasteiger partial charge in [0.2, 0.25) is 0 Å². The van der Waals surface area contributed by atoms with Crippen LogP contribution < -0.4 is 0 Å². The minimum atomic E-state index is 0.714. The van der Waals surface area contributed by atoms with Crippen LogP contribution >= 0.6 is 0 Å². The molecule has 0 N–H and O–H groups in total. The molecule has 0 aliphatic heterocycles. The zero-order chi connectivity index (χ0) is 34.1. The lowest BCUT2D eigenvalue weighted by Crippen LogP contribution is -2.02. The summed E-state index contributed by atoms with van der Waals surface area (Å²) in [6.07, 6.45) is 3.54. The van der Waals surface area contributed by atoms with Crippen LogP contribution in [-0.4, -0.2) is 9.13 Å². The van der Waals surface area contributed by atoms with E-state index in [-0.39, 0.29) is 0 Å². The van der Waals surface area contributed by atoms with Crippen molar-refractivity contribution in [3.8, 4) is 22.5 Å². The van der Waals surface area contributed by atoms with Crippen LogP contribution in [-0.2, 0) is 6.42 Å². The van der Waals surface area contributed by atoms with Crippen LogP contribution in [0.5, 0.6) is 0 Å². The number of furan rings is 1. The summed E-state index contributed by atoms with van der Waals surface area (Å²) in [5.74, 6) is 0.714. The van der Waals surface area contributed by atoms with Gasteiger partial charge < -0.3 is 13.6 Å². The molecule has 3 heteroatoms. The molecule has 0 unspecified atom stereocenters. The lowest BCUT2D eigenvalue weighted by molar-refractivity contribution is 0.490. The van der Waals surface area contributed by atoms with Crippen molar-refractivity contribution in [2.75, 3.05) is 0 Å². The molecule has 0 saturated heterocycles. The van der Waals surface area contributed by atoms with Gasteiger partial charge in [0.1, 0.15) is 11.2 Å². The number of rotatable bonds is 7. The summed E-state index contributed by atoms with van der Waals surface area (Å²) < 4.78 is 11.2. The third-order valence-corrected chi connectivity index (χ3v) is 11.1. The lowest BCUT2D eigenvalue weighted by atomic mass is 9.94. The summed E-state index contributed by atoms with van der Waals surface area (Å²) >= 11 is 0. The molecule has 0 saturated carbocycles. The molecular formula is C48H38N2O. The summed E-state index contributed by atoms with van der Waals surface area (Å²) in [6.45, 7) is 4.61. The first-order valence-corrected chi connectivity index (χ1v) is 18.3. The van der Waals surface area contributed by atoms with E-state index in [4.69, 9.17) is 4.42 Å². The normalized spacial score (nSPS) is 12.1. The van der Waals surface area contributed by atoms with Crippen LogP contribution in [0, 0.1) is 5.92 Å². The molecule has 7 aromatic carbocycles. The molecule has 3 nitrogen and oxygen atoms in total. The maximum atomic E-state index is 6.41. The highest BCUT2D eigenvalue weighted by Gasteiger charge is 2.17. The number of hydrogen-bond donors (Lipinski definition) is 0. The fourth-order valence-corrected chi connectivity index (χ4v) is 8.45. The highest BCUT2D eigenvalue weighted by molar-refractivity contribution is 6.12. The zero-order valence-electron chi connectivity index (χ0n) is 28.9. The second-order valence-electron chi connectivity index (χ2n) is 14.0. The van der Waals surface area contributed by atoms with Crippen molar-refractivity contribution in [1.29, 1.82) is 0 Å². The summed E-state index contributed by atoms with van der Waals surface area (Å²) in [6, 6.07) is 55.5. The standard InChI is InChI=1S/C48H38N2O/c1-3-31(4-2)26-32-12-11-13-35(27-32)49-45-19-10-7-16-39(45)40-28-33(20-23-46(40)49)34-21-24-47-41(29-34)42-30-36(22-25-48(42)51-47)50-43-17-8-5-14-37(43)38-15-6-9-18-44(38)50/h5-25,27-31H,3-4,26H2,1-2H3. The predicted octanol–water partition coefficient (Wildman–Crippen LogP) is 13.4. The molecule has 0 aliphatic carbocycles. The molecule has 0 bridgehead atoms. The number of aromatic nitrogens is 2. The molecule has 0 aliphatic rings. The number of nitrogens with zero attached hydrogens (tertiary/aromatic N) is 2. The minimum absolute atomic E-state index is 0.714. The van der Waals surface area contributed by atoms with Crippen molar-refractivity contribution in [2.24, 2.45) is 5.92 Å². The molecule has 10 rings (SSSR count). The van der Waals surface area contributed by atoms with Gasteiger partial charge in [-0.2, -0.15) is 0 Å². The molecule has 3 aromatic heterocycles. The van der Waals surface area contributed by atoms with Crippen LogP contribution in [0.15, 0.2) is 156 Å². The van der Waals surface area contributed by atoms with Crippen LogP contribution in [0.2, 0.25) is 0 Å². The molecule has 246 valence electrons. The largest absolute Gasteiger partial charge is 0.456 e. The predicted molar refractivity (Wildman–Crippen MR) is 216 cm³/mol. The van der Waals surface area contributed by atoms with E-state index in [0.29, 0.717) is 5.92 Å². The Hall–Kier alpha value is -6.06. The summed E-state index contributed by atoms with van der Waals surface area (Å²) in [5.41, 5.74) is 12.8. The van der Waals surface area contributed by atoms with E-state index < -0.39 is 0 Å². The Morgan fingerprint density at radius 1 is 0.431 bits per heavy atom. The summed E-state index contributed by atoms with van der Waals surface area (Å²) in [7, 11) is 0. The second-order valence-corrected chi connectivity index (χ2v) is 14.0. The molecule has 0 fully saturated rings. The van der Waals surface area contributed by atoms with Gasteiger partial charge in [0.05, 0.1) is 22.1 Å². The van der Waals surface area contributed by atoms with E-state index in [9.17, 15) is 0 Å². The van der Waals surface area contributed by atoms with E-state index in [0.717, 1.165) is 34.0 Å². The van der Waals surface area contributed by atoms with Gasteiger partial charge in [-0.05, 0) is 102 Å². The van der Waals surface area contributed by atoms with Crippen molar-refractivity contribution in [3.63, 3.8) is 0 Å². The van der Waals surface area contributed by atoms with Crippen molar-refractivity contribution >= 4 is 65.6 Å². The van der Waals surface area contributed by atoms with E-state index in [1.807, 2.05) is 0 Å². The van der Waals surface area contributed by atoms with E-state index in [1.54, 1.807) is 0 Å². The molecule has 0 radical (unpaired) electrons. The maximum absolute atomic E-state index is 6.41. The number of benzene rings is 7. The number of hydrogen-bond acceptors (Lipinski definition) is 1. The third kappa shape index (κ3) is 4.72. The second kappa shape index (κ2) is 11.8. The van der Waals surface area contributed by atoms with Crippen molar-refractivity contribution < 1.29 is 4.42 Å². The van der Waals surface area contributed by atoms with Gasteiger partial charge in [0, 0.05) is 43.7 Å². The van der Waals surface area contributed by atoms with Gasteiger partial charge in [0.15, 0.2) is 0 Å². The quantitative estimate of drug-likeness (QED) is 0.167. The zero-order valence-corrected chi connectivity index (χ0v) is 28.9. The third-order valence-electron chi connectivity index (χ3n) is 11.1. The van der Waals surface area contributed by atoms with Crippen LogP contribution in [0.25, 0.3) is 88.1 Å². The Balaban J connectivity index is 1.10. The molecule has 0 spiro atoms. The van der Waals surface area contributed by atoms with Gasteiger partial charge in [-0.15, -0.1) is 0 Å². The van der Waals surface area contributed by atoms with Gasteiger partial charge in [-0.25, -0.2) is 0 Å². The first kappa shape index (κ1) is 29.8. The average Bonchev–Trinajstić information content (AvgIpc) is 3.84. The van der Waals surface area contributed by atoms with Gasteiger partial charge in [-0.3, -0.25) is 0 Å². The van der Waals surface area contributed by atoms with Crippen LogP contribution in [0.1, 0.15) is 32.3 Å². The Labute approximate surface area is 297 Å². The van der Waals surface area contributed by atoms with Crippen molar-refractivity contribution in [1.82, 2.24) is 9.13 Å². The van der Waals surface area contributed by atoms with Crippen molar-refractivity contribution in [3.05, 3.63) is 157 Å². The Morgan fingerprint density at radius 3 is 1.59 bits per heavy atom. The lowest BCUT2D eigenvalue weighted by Gasteiger charge is -2.14. The minimum Gasteiger partial charge on any atom is -0.456 e. The van der Waals surface area contributed by atoms with E-state index in [2.05, 4.69) is 175 Å². The Bertz CT molecular complexity index is 2880. The molecular weight excluding hydrogens is 621 g/mol. The number of para-hydroxylation sites is 3. The average molecular weight is 659 g/mol. The molecule has 0 amide bonds. The summed E-state index contributed by atoms with van der Waals surface area (Å²) in [4.78, 5) is 0. The van der Waals surface area contributed by atoms with Gasteiger partial charge >= 0.3 is 0 Å². The molecule has 10 aromatic rings. The van der Waals surface area contributed by atoms with Gasteiger partial charge in [0.25, 0.3) is 0 Å². The Kier molecular flexibility index (Phi) is 6.89. The van der Waals surface area contributed by atoms with Crippen LogP contribution in [0.4, 0.5) is 0 Å². The Morgan fingerprint density at radius 2 is 0.941 bits per heavy atom. The smallest absolute Gasteiger partial charge is 0.135 e.